The Labute approximate surface area is 330 Å². The highest BCUT2D eigenvalue weighted by atomic mass is 19.3. The summed E-state index contributed by atoms with van der Waals surface area (Å²) in [4.78, 5) is 45.8. The van der Waals surface area contributed by atoms with Crippen molar-refractivity contribution in [3.8, 4) is 5.75 Å². The lowest BCUT2D eigenvalue weighted by molar-refractivity contribution is -0.136. The van der Waals surface area contributed by atoms with Crippen LogP contribution < -0.4 is 15.1 Å². The smallest absolute Gasteiger partial charge is 0.274 e. The first-order valence-electron chi connectivity index (χ1n) is 20.1. The molecule has 0 spiro atoms. The quantitative estimate of drug-likeness (QED) is 0.201. The Hall–Kier alpha value is -5.36. The van der Waals surface area contributed by atoms with Crippen molar-refractivity contribution in [1.82, 2.24) is 15.1 Å². The minimum Gasteiger partial charge on any atom is -0.508 e. The third-order valence-electron chi connectivity index (χ3n) is 12.9. The molecule has 0 saturated carbocycles. The van der Waals surface area contributed by atoms with Crippen molar-refractivity contribution in [1.29, 1.82) is 0 Å². The van der Waals surface area contributed by atoms with Crippen molar-refractivity contribution < 1.29 is 32.7 Å². The van der Waals surface area contributed by atoms with E-state index in [9.17, 15) is 19.5 Å². The monoisotopic (exact) mass is 777 g/mol. The number of piperazine rings is 1. The maximum absolute atomic E-state index is 16.1. The van der Waals surface area contributed by atoms with Crippen molar-refractivity contribution in [2.24, 2.45) is 5.92 Å². The number of benzene rings is 4. The number of nitrogens with one attached hydrogen (secondary N) is 1. The molecule has 12 heteroatoms. The van der Waals surface area contributed by atoms with Gasteiger partial charge in [-0.15, -0.1) is 0 Å². The molecule has 0 radical (unpaired) electrons. The Balaban J connectivity index is 0.808. The van der Waals surface area contributed by atoms with E-state index in [4.69, 9.17) is 0 Å². The summed E-state index contributed by atoms with van der Waals surface area (Å²) in [6.07, 6.45) is 2.01. The lowest BCUT2D eigenvalue weighted by Crippen LogP contribution is -2.52. The molecule has 4 heterocycles. The van der Waals surface area contributed by atoms with Gasteiger partial charge in [-0.05, 0) is 89.9 Å². The molecule has 3 saturated heterocycles. The molecule has 9 rings (SSSR count). The van der Waals surface area contributed by atoms with Gasteiger partial charge in [0.25, 0.3) is 11.8 Å². The molecule has 3 fully saturated rings. The highest BCUT2D eigenvalue weighted by Gasteiger charge is 2.47. The van der Waals surface area contributed by atoms with E-state index in [2.05, 4.69) is 26.1 Å². The number of carbonyl (C=O) groups excluding carboxylic acids is 3. The maximum Gasteiger partial charge on any atom is 0.274 e. The van der Waals surface area contributed by atoms with Gasteiger partial charge in [0.2, 0.25) is 11.8 Å². The zero-order chi connectivity index (χ0) is 39.4. The Morgan fingerprint density at radius 1 is 0.789 bits per heavy atom. The number of halogens is 3. The summed E-state index contributed by atoms with van der Waals surface area (Å²) in [5, 5.41) is 12.5. The van der Waals surface area contributed by atoms with Crippen LogP contribution in [0.25, 0.3) is 0 Å². The van der Waals surface area contributed by atoms with Crippen LogP contribution in [0.15, 0.2) is 84.9 Å². The molecule has 9 nitrogen and oxygen atoms in total. The number of fused-ring (bicyclic) bond motifs is 2. The first-order valence-corrected chi connectivity index (χ1v) is 20.1. The number of rotatable bonds is 7. The largest absolute Gasteiger partial charge is 0.508 e. The highest BCUT2D eigenvalue weighted by molar-refractivity contribution is 6.05. The third-order valence-corrected chi connectivity index (χ3v) is 12.9. The van der Waals surface area contributed by atoms with E-state index in [-0.39, 0.29) is 35.4 Å². The second kappa shape index (κ2) is 14.9. The number of alkyl halides is 2. The summed E-state index contributed by atoms with van der Waals surface area (Å²) in [5.74, 6) is -5.16. The van der Waals surface area contributed by atoms with Gasteiger partial charge in [-0.2, -0.15) is 0 Å². The Morgan fingerprint density at radius 3 is 2.30 bits per heavy atom. The van der Waals surface area contributed by atoms with E-state index in [1.54, 1.807) is 17.0 Å². The molecule has 4 aromatic rings. The molecule has 1 aliphatic carbocycles. The average Bonchev–Trinajstić information content (AvgIpc) is 3.53. The number of anilines is 2. The number of amides is 3. The van der Waals surface area contributed by atoms with Gasteiger partial charge in [-0.3, -0.25) is 24.6 Å². The minimum absolute atomic E-state index is 0.165. The van der Waals surface area contributed by atoms with E-state index in [0.717, 1.165) is 81.5 Å². The van der Waals surface area contributed by atoms with Crippen molar-refractivity contribution in [2.75, 3.05) is 55.6 Å². The number of hydrogen-bond acceptors (Lipinski definition) is 7. The number of piperidine rings is 2. The first-order chi connectivity index (χ1) is 27.5. The fourth-order valence-electron chi connectivity index (χ4n) is 9.92. The topological polar surface area (TPSA) is 96.4 Å². The van der Waals surface area contributed by atoms with E-state index < -0.39 is 36.1 Å². The first kappa shape index (κ1) is 37.2. The summed E-state index contributed by atoms with van der Waals surface area (Å²) >= 11 is 0. The van der Waals surface area contributed by atoms with Crippen LogP contribution in [0.3, 0.4) is 0 Å². The van der Waals surface area contributed by atoms with E-state index in [1.165, 1.54) is 12.1 Å². The number of phenols is 1. The zero-order valence-corrected chi connectivity index (χ0v) is 31.7. The molecule has 4 aliphatic heterocycles. The summed E-state index contributed by atoms with van der Waals surface area (Å²) in [6.45, 7) is 6.33. The number of carbonyl (C=O) groups is 3. The number of nitrogens with zero attached hydrogens (tertiary/aromatic N) is 4. The van der Waals surface area contributed by atoms with E-state index in [1.807, 2.05) is 48.5 Å². The predicted molar refractivity (Wildman–Crippen MR) is 210 cm³/mol. The summed E-state index contributed by atoms with van der Waals surface area (Å²) in [5.41, 5.74) is 4.74. The fourth-order valence-corrected chi connectivity index (χ4v) is 9.92. The third kappa shape index (κ3) is 7.13. The molecule has 2 N–H and O–H groups in total. The SMILES string of the molecule is O=C1CC[C@H](N2Cc3cc(N4CCN(CC5CCN(c6ccc([C@@H]7c8ccc(O)cc8C(F)(F)C[C@@H]7c7ccccc7)cc6F)CC5)CC4)ccc3C2=O)C(=O)N1. The lowest BCUT2D eigenvalue weighted by Gasteiger charge is -2.40. The lowest BCUT2D eigenvalue weighted by atomic mass is 9.68. The number of imide groups is 1. The Bertz CT molecular complexity index is 2200. The molecular weight excluding hydrogens is 732 g/mol. The molecule has 3 amide bonds. The molecular formula is C45H46F3N5O4. The van der Waals surface area contributed by atoms with Crippen molar-refractivity contribution in [3.05, 3.63) is 124 Å². The van der Waals surface area contributed by atoms with Crippen LogP contribution >= 0.6 is 0 Å². The maximum atomic E-state index is 16.1. The zero-order valence-electron chi connectivity index (χ0n) is 31.7. The molecule has 0 unspecified atom stereocenters. The number of phenolic OH excluding ortho intramolecular Hbond substituents is 1. The molecule has 296 valence electrons. The molecule has 3 atom stereocenters. The van der Waals surface area contributed by atoms with Gasteiger partial charge in [-0.25, -0.2) is 13.2 Å². The number of aromatic hydroxyl groups is 1. The molecule has 4 aromatic carbocycles. The second-order valence-electron chi connectivity index (χ2n) is 16.3. The minimum atomic E-state index is -3.14. The summed E-state index contributed by atoms with van der Waals surface area (Å²) in [6, 6.07) is 23.9. The molecule has 57 heavy (non-hydrogen) atoms. The fraction of sp³-hybridized carbons (Fsp3) is 0.400. The standard InChI is InChI=1S/C45H46F3N5O4/c46-38-23-30(42-35-10-8-33(54)24-37(35)45(47,48)25-36(42)29-4-2-1-3-5-29)6-11-39(38)52-16-14-28(15-17-52)26-50-18-20-51(21-19-50)32-7-9-34-31(22-32)27-53(44(34)57)40-12-13-41(55)49-43(40)56/h1-11,22-24,28,36,40,42,54H,12-21,25-27H2,(H,49,55,56)/t36-,40+,42-/m1/s1. The highest BCUT2D eigenvalue weighted by Crippen LogP contribution is 2.55. The summed E-state index contributed by atoms with van der Waals surface area (Å²) in [7, 11) is 0. The Kier molecular flexibility index (Phi) is 9.71. The van der Waals surface area contributed by atoms with Gasteiger partial charge in [0.05, 0.1) is 5.69 Å². The molecule has 5 aliphatic rings. The van der Waals surface area contributed by atoms with Gasteiger partial charge < -0.3 is 19.8 Å². The van der Waals surface area contributed by atoms with Crippen LogP contribution in [0.5, 0.6) is 5.75 Å². The average molecular weight is 778 g/mol. The van der Waals surface area contributed by atoms with Crippen LogP contribution in [0, 0.1) is 11.7 Å². The van der Waals surface area contributed by atoms with Crippen molar-refractivity contribution in [3.63, 3.8) is 0 Å². The van der Waals surface area contributed by atoms with Crippen LogP contribution in [0.2, 0.25) is 0 Å². The van der Waals surface area contributed by atoms with E-state index >= 15 is 13.2 Å². The van der Waals surface area contributed by atoms with Gasteiger partial charge in [0.1, 0.15) is 17.6 Å². The van der Waals surface area contributed by atoms with Crippen molar-refractivity contribution >= 4 is 29.1 Å². The van der Waals surface area contributed by atoms with Gasteiger partial charge in [0.15, 0.2) is 0 Å². The second-order valence-corrected chi connectivity index (χ2v) is 16.3. The van der Waals surface area contributed by atoms with Gasteiger partial charge in [-0.1, -0.05) is 42.5 Å². The summed E-state index contributed by atoms with van der Waals surface area (Å²) < 4.78 is 47.2. The Morgan fingerprint density at radius 2 is 1.56 bits per heavy atom. The molecule has 0 aromatic heterocycles. The van der Waals surface area contributed by atoms with Crippen LogP contribution in [0.1, 0.15) is 82.1 Å². The van der Waals surface area contributed by atoms with Crippen LogP contribution in [-0.4, -0.2) is 84.5 Å². The number of hydrogen-bond donors (Lipinski definition) is 2. The molecule has 0 bridgehead atoms. The predicted octanol–water partition coefficient (Wildman–Crippen LogP) is 6.74. The van der Waals surface area contributed by atoms with E-state index in [0.29, 0.717) is 41.3 Å². The van der Waals surface area contributed by atoms with Crippen LogP contribution in [0.4, 0.5) is 24.5 Å². The van der Waals surface area contributed by atoms with Crippen LogP contribution in [-0.2, 0) is 22.1 Å². The van der Waals surface area contributed by atoms with Gasteiger partial charge >= 0.3 is 0 Å². The normalized spacial score (nSPS) is 24.0. The van der Waals surface area contributed by atoms with Gasteiger partial charge in [0, 0.05) is 93.8 Å². The van der Waals surface area contributed by atoms with Crippen molar-refractivity contribution in [2.45, 2.75) is 62.4 Å².